The molecular formula is C17H26N8O2. The summed E-state index contributed by atoms with van der Waals surface area (Å²) in [5.41, 5.74) is 1.00. The number of aromatic nitrogens is 6. The van der Waals surface area contributed by atoms with Crippen molar-refractivity contribution in [3.8, 4) is 0 Å². The normalized spacial score (nSPS) is 24.3. The Balaban J connectivity index is 1.55. The van der Waals surface area contributed by atoms with Crippen LogP contribution in [0.1, 0.15) is 30.9 Å². The van der Waals surface area contributed by atoms with Crippen molar-refractivity contribution in [2.75, 3.05) is 32.8 Å². The van der Waals surface area contributed by atoms with E-state index in [1.807, 2.05) is 24.3 Å². The van der Waals surface area contributed by atoms with Crippen LogP contribution in [0, 0.1) is 0 Å². The molecule has 0 unspecified atom stereocenters. The van der Waals surface area contributed by atoms with E-state index in [1.54, 1.807) is 4.68 Å². The highest BCUT2D eigenvalue weighted by Crippen LogP contribution is 2.31. The van der Waals surface area contributed by atoms with E-state index >= 15 is 0 Å². The number of tetrazole rings is 1. The van der Waals surface area contributed by atoms with E-state index in [-0.39, 0.29) is 24.6 Å². The smallest absolute Gasteiger partial charge is 0.245 e. The number of morpholine rings is 1. The van der Waals surface area contributed by atoms with Gasteiger partial charge in [-0.05, 0) is 36.4 Å². The largest absolute Gasteiger partial charge is 0.373 e. The number of carbonyl (C=O) groups is 1. The average molecular weight is 374 g/mol. The number of nitrogens with zero attached hydrogens (tertiary/aromatic N) is 8. The molecule has 2 aromatic heterocycles. The van der Waals surface area contributed by atoms with Gasteiger partial charge in [0.15, 0.2) is 0 Å². The lowest BCUT2D eigenvalue weighted by atomic mass is 9.99. The lowest BCUT2D eigenvalue weighted by Crippen LogP contribution is -2.53. The highest BCUT2D eigenvalue weighted by atomic mass is 16.5. The van der Waals surface area contributed by atoms with Gasteiger partial charge in [0, 0.05) is 31.9 Å². The lowest BCUT2D eigenvalue weighted by Gasteiger charge is -2.43. The van der Waals surface area contributed by atoms with Crippen LogP contribution in [0.2, 0.25) is 0 Å². The van der Waals surface area contributed by atoms with Crippen LogP contribution in [0.25, 0.3) is 0 Å². The number of ether oxygens (including phenoxy) is 1. The fourth-order valence-corrected chi connectivity index (χ4v) is 4.03. The molecule has 2 aromatic rings. The van der Waals surface area contributed by atoms with Crippen LogP contribution in [0.4, 0.5) is 0 Å². The minimum absolute atomic E-state index is 0.0110. The molecule has 10 heteroatoms. The Kier molecular flexibility index (Phi) is 5.44. The van der Waals surface area contributed by atoms with Crippen LogP contribution in [-0.2, 0) is 23.1 Å². The van der Waals surface area contributed by atoms with Gasteiger partial charge in [-0.15, -0.1) is 5.10 Å². The zero-order valence-corrected chi connectivity index (χ0v) is 15.6. The van der Waals surface area contributed by atoms with Gasteiger partial charge in [-0.2, -0.15) is 5.10 Å². The van der Waals surface area contributed by atoms with E-state index in [0.29, 0.717) is 13.2 Å². The maximum Gasteiger partial charge on any atom is 0.245 e. The summed E-state index contributed by atoms with van der Waals surface area (Å²) in [5, 5.41) is 15.4. The average Bonchev–Trinajstić information content (AvgIpc) is 3.34. The van der Waals surface area contributed by atoms with E-state index in [0.717, 1.165) is 25.2 Å². The summed E-state index contributed by atoms with van der Waals surface area (Å²) in [5.74, 6) is -0.0110. The minimum atomic E-state index is -0.154. The third kappa shape index (κ3) is 4.16. The summed E-state index contributed by atoms with van der Waals surface area (Å²) >= 11 is 0. The molecule has 0 aromatic carbocycles. The second-order valence-electron chi connectivity index (χ2n) is 7.26. The summed E-state index contributed by atoms with van der Waals surface area (Å²) in [6.45, 7) is 4.23. The maximum absolute atomic E-state index is 13.0. The Labute approximate surface area is 158 Å². The van der Waals surface area contributed by atoms with Crippen LogP contribution in [-0.4, -0.2) is 84.6 Å². The molecule has 146 valence electrons. The van der Waals surface area contributed by atoms with Crippen molar-refractivity contribution in [3.05, 3.63) is 24.3 Å². The highest BCUT2D eigenvalue weighted by Gasteiger charge is 2.38. The molecule has 4 heterocycles. The molecule has 0 aliphatic carbocycles. The van der Waals surface area contributed by atoms with Gasteiger partial charge in [0.1, 0.15) is 12.9 Å². The van der Waals surface area contributed by atoms with E-state index in [1.165, 1.54) is 30.3 Å². The fourth-order valence-electron chi connectivity index (χ4n) is 4.03. The number of carbonyl (C=O) groups excluding carboxylic acids is 1. The second-order valence-corrected chi connectivity index (χ2v) is 7.26. The molecule has 0 N–H and O–H groups in total. The quantitative estimate of drug-likeness (QED) is 0.719. The summed E-state index contributed by atoms with van der Waals surface area (Å²) in [6, 6.07) is -0.154. The van der Waals surface area contributed by atoms with Crippen molar-refractivity contribution in [2.45, 2.75) is 38.0 Å². The highest BCUT2D eigenvalue weighted by molar-refractivity contribution is 5.76. The molecule has 2 aliphatic heterocycles. The molecule has 1 amide bonds. The molecule has 2 aliphatic rings. The minimum Gasteiger partial charge on any atom is -0.373 e. The third-order valence-corrected chi connectivity index (χ3v) is 5.31. The van der Waals surface area contributed by atoms with Gasteiger partial charge in [0.25, 0.3) is 0 Å². The van der Waals surface area contributed by atoms with E-state index in [9.17, 15) is 4.79 Å². The Morgan fingerprint density at radius 2 is 2.11 bits per heavy atom. The summed E-state index contributed by atoms with van der Waals surface area (Å²) in [6.07, 6.45) is 8.95. The topological polar surface area (TPSA) is 94.2 Å². The van der Waals surface area contributed by atoms with Gasteiger partial charge in [0.2, 0.25) is 5.91 Å². The molecule has 4 rings (SSSR count). The molecular weight excluding hydrogens is 348 g/mol. The number of hydrogen-bond acceptors (Lipinski definition) is 7. The number of hydrogen-bond donors (Lipinski definition) is 0. The van der Waals surface area contributed by atoms with Crippen molar-refractivity contribution >= 4 is 5.91 Å². The van der Waals surface area contributed by atoms with Crippen LogP contribution in [0.3, 0.4) is 0 Å². The number of likely N-dealkylation sites (tertiary alicyclic amines) is 1. The predicted octanol–water partition coefficient (Wildman–Crippen LogP) is -0.139. The van der Waals surface area contributed by atoms with Gasteiger partial charge in [-0.3, -0.25) is 9.48 Å². The molecule has 0 spiro atoms. The first-order valence-electron chi connectivity index (χ1n) is 9.53. The summed E-state index contributed by atoms with van der Waals surface area (Å²) < 4.78 is 9.38. The first-order chi connectivity index (χ1) is 13.2. The van der Waals surface area contributed by atoms with Crippen molar-refractivity contribution in [2.24, 2.45) is 7.05 Å². The zero-order valence-electron chi connectivity index (χ0n) is 15.6. The monoisotopic (exact) mass is 374 g/mol. The molecule has 0 bridgehead atoms. The van der Waals surface area contributed by atoms with Crippen LogP contribution in [0.15, 0.2) is 18.7 Å². The van der Waals surface area contributed by atoms with E-state index in [4.69, 9.17) is 4.74 Å². The molecule has 2 saturated heterocycles. The number of rotatable bonds is 5. The second kappa shape index (κ2) is 8.13. The Morgan fingerprint density at radius 3 is 2.81 bits per heavy atom. The van der Waals surface area contributed by atoms with Crippen molar-refractivity contribution in [1.82, 2.24) is 39.8 Å². The summed E-state index contributed by atoms with van der Waals surface area (Å²) in [7, 11) is 1.89. The molecule has 2 atom stereocenters. The maximum atomic E-state index is 13.0. The van der Waals surface area contributed by atoms with Crippen molar-refractivity contribution in [1.29, 1.82) is 0 Å². The van der Waals surface area contributed by atoms with E-state index in [2.05, 4.69) is 25.5 Å². The van der Waals surface area contributed by atoms with Gasteiger partial charge in [-0.25, -0.2) is 4.68 Å². The molecule has 27 heavy (non-hydrogen) atoms. The van der Waals surface area contributed by atoms with Gasteiger partial charge in [-0.1, -0.05) is 6.42 Å². The summed E-state index contributed by atoms with van der Waals surface area (Å²) in [4.78, 5) is 17.4. The van der Waals surface area contributed by atoms with Crippen molar-refractivity contribution < 1.29 is 9.53 Å². The molecule has 10 nitrogen and oxygen atoms in total. The Morgan fingerprint density at radius 1 is 1.26 bits per heavy atom. The zero-order chi connectivity index (χ0) is 18.6. The standard InChI is InChI=1S/C17H26N8O2/c1-22-10-14(9-19-22)17-15(11-23-5-3-2-4-6-23)27-8-7-25(17)16(26)12-24-13-18-20-21-24/h9-10,13,15,17H,2-8,11-12H2,1H3/t15-,17-/m0/s1. The Bertz CT molecular complexity index is 740. The number of aryl methyl sites for hydroxylation is 1. The number of amides is 1. The van der Waals surface area contributed by atoms with E-state index < -0.39 is 0 Å². The lowest BCUT2D eigenvalue weighted by molar-refractivity contribution is -0.149. The third-order valence-electron chi connectivity index (χ3n) is 5.31. The first kappa shape index (κ1) is 18.1. The van der Waals surface area contributed by atoms with Crippen LogP contribution >= 0.6 is 0 Å². The van der Waals surface area contributed by atoms with Gasteiger partial charge >= 0.3 is 0 Å². The molecule has 2 fully saturated rings. The number of piperidine rings is 1. The van der Waals surface area contributed by atoms with Gasteiger partial charge < -0.3 is 14.5 Å². The van der Waals surface area contributed by atoms with Crippen molar-refractivity contribution in [3.63, 3.8) is 0 Å². The van der Waals surface area contributed by atoms with Crippen LogP contribution < -0.4 is 0 Å². The van der Waals surface area contributed by atoms with Crippen LogP contribution in [0.5, 0.6) is 0 Å². The fraction of sp³-hybridized carbons (Fsp3) is 0.706. The predicted molar refractivity (Wildman–Crippen MR) is 95.5 cm³/mol. The first-order valence-corrected chi connectivity index (χ1v) is 9.53. The molecule has 0 saturated carbocycles. The Hall–Kier alpha value is -2.33. The van der Waals surface area contributed by atoms with Gasteiger partial charge in [0.05, 0.1) is 24.9 Å². The molecule has 0 radical (unpaired) electrons. The SMILES string of the molecule is Cn1cc([C@H]2[C@H](CN3CCCCC3)OCCN2C(=O)Cn2cnnn2)cn1.